The summed E-state index contributed by atoms with van der Waals surface area (Å²) in [6, 6.07) is 7.90. The number of hydrogen-bond acceptors (Lipinski definition) is 4. The second-order valence-electron chi connectivity index (χ2n) is 4.07. The quantitative estimate of drug-likeness (QED) is 0.942. The van der Waals surface area contributed by atoms with E-state index in [9.17, 15) is 8.42 Å². The van der Waals surface area contributed by atoms with Gasteiger partial charge in [0.05, 0.1) is 17.0 Å². The number of nitrogens with zero attached hydrogens (tertiary/aromatic N) is 1. The second-order valence-corrected chi connectivity index (χ2v) is 6.13. The first-order valence-electron chi connectivity index (χ1n) is 5.72. The number of ether oxygens (including phenoxy) is 1. The van der Waals surface area contributed by atoms with E-state index in [4.69, 9.17) is 16.3 Å². The first kappa shape index (κ1) is 14.6. The fraction of sp³-hybridized carbons (Fsp3) is 0.154. The van der Waals surface area contributed by atoms with E-state index in [1.165, 1.54) is 19.4 Å². The molecule has 1 N–H and O–H groups in total. The van der Waals surface area contributed by atoms with Crippen molar-refractivity contribution in [3.63, 3.8) is 0 Å². The standard InChI is InChI=1S/C13H13ClN2O3S/c1-9-7-11(19-2)10(14)8-12(9)20(17,18)16-13-5-3-4-6-15-13/h3-8H,1-2H3,(H,15,16). The monoisotopic (exact) mass is 312 g/mol. The van der Waals surface area contributed by atoms with Crippen LogP contribution in [0, 0.1) is 6.92 Å². The molecule has 0 saturated carbocycles. The van der Waals surface area contributed by atoms with E-state index in [-0.39, 0.29) is 15.7 Å². The van der Waals surface area contributed by atoms with E-state index in [2.05, 4.69) is 9.71 Å². The van der Waals surface area contributed by atoms with Crippen LogP contribution in [0.5, 0.6) is 5.75 Å². The number of sulfonamides is 1. The molecule has 2 aromatic rings. The third-order valence-electron chi connectivity index (χ3n) is 2.64. The summed E-state index contributed by atoms with van der Waals surface area (Å²) in [5.41, 5.74) is 0.537. The molecule has 0 amide bonds. The maximum Gasteiger partial charge on any atom is 0.263 e. The van der Waals surface area contributed by atoms with Gasteiger partial charge in [-0.05, 0) is 36.8 Å². The molecule has 0 aliphatic rings. The molecule has 0 unspecified atom stereocenters. The molecule has 1 aromatic carbocycles. The Hall–Kier alpha value is -1.79. The molecule has 106 valence electrons. The molecule has 7 heteroatoms. The number of methoxy groups -OCH3 is 1. The minimum Gasteiger partial charge on any atom is -0.495 e. The van der Waals surface area contributed by atoms with Crippen molar-refractivity contribution in [2.45, 2.75) is 11.8 Å². The van der Waals surface area contributed by atoms with Crippen LogP contribution in [0.1, 0.15) is 5.56 Å². The molecule has 2 rings (SSSR count). The van der Waals surface area contributed by atoms with Crippen molar-refractivity contribution in [3.8, 4) is 5.75 Å². The Balaban J connectivity index is 2.42. The van der Waals surface area contributed by atoms with Crippen molar-refractivity contribution in [2.75, 3.05) is 11.8 Å². The number of nitrogens with one attached hydrogen (secondary N) is 1. The van der Waals surface area contributed by atoms with Gasteiger partial charge >= 0.3 is 0 Å². The van der Waals surface area contributed by atoms with Gasteiger partial charge in [0.2, 0.25) is 0 Å². The first-order chi connectivity index (χ1) is 9.44. The fourth-order valence-corrected chi connectivity index (χ4v) is 3.27. The van der Waals surface area contributed by atoms with Crippen molar-refractivity contribution in [2.24, 2.45) is 0 Å². The van der Waals surface area contributed by atoms with Gasteiger partial charge in [-0.3, -0.25) is 4.72 Å². The lowest BCUT2D eigenvalue weighted by atomic mass is 10.2. The van der Waals surface area contributed by atoms with Crippen molar-refractivity contribution in [1.29, 1.82) is 0 Å². The molecule has 5 nitrogen and oxygen atoms in total. The van der Waals surface area contributed by atoms with Gasteiger partial charge in [-0.1, -0.05) is 17.7 Å². The number of aryl methyl sites for hydroxylation is 1. The number of benzene rings is 1. The maximum atomic E-state index is 12.3. The number of halogens is 1. The number of aromatic nitrogens is 1. The van der Waals surface area contributed by atoms with Crippen LogP contribution in [-0.2, 0) is 10.0 Å². The predicted molar refractivity (Wildman–Crippen MR) is 77.8 cm³/mol. The highest BCUT2D eigenvalue weighted by atomic mass is 35.5. The van der Waals surface area contributed by atoms with Crippen molar-refractivity contribution in [1.82, 2.24) is 4.98 Å². The van der Waals surface area contributed by atoms with Gasteiger partial charge in [0, 0.05) is 6.20 Å². The van der Waals surface area contributed by atoms with Crippen molar-refractivity contribution < 1.29 is 13.2 Å². The van der Waals surface area contributed by atoms with Crippen molar-refractivity contribution in [3.05, 3.63) is 47.1 Å². The van der Waals surface area contributed by atoms with E-state index < -0.39 is 10.0 Å². The van der Waals surface area contributed by atoms with Gasteiger partial charge in [0.1, 0.15) is 11.6 Å². The number of hydrogen-bond donors (Lipinski definition) is 1. The molecular formula is C13H13ClN2O3S. The van der Waals surface area contributed by atoms with Crippen LogP contribution in [0.15, 0.2) is 41.4 Å². The van der Waals surface area contributed by atoms with Crippen LogP contribution in [0.3, 0.4) is 0 Å². The Morgan fingerprint density at radius 3 is 2.65 bits per heavy atom. The van der Waals surface area contributed by atoms with Crippen LogP contribution in [0.25, 0.3) is 0 Å². The molecule has 0 fully saturated rings. The Kier molecular flexibility index (Phi) is 4.15. The first-order valence-corrected chi connectivity index (χ1v) is 7.58. The van der Waals surface area contributed by atoms with Gasteiger partial charge in [0.25, 0.3) is 10.0 Å². The van der Waals surface area contributed by atoms with Crippen molar-refractivity contribution >= 4 is 27.4 Å². The van der Waals surface area contributed by atoms with Gasteiger partial charge in [-0.25, -0.2) is 13.4 Å². The molecule has 0 aliphatic carbocycles. The lowest BCUT2D eigenvalue weighted by Crippen LogP contribution is -2.15. The highest BCUT2D eigenvalue weighted by Gasteiger charge is 2.19. The summed E-state index contributed by atoms with van der Waals surface area (Å²) < 4.78 is 32.1. The van der Waals surface area contributed by atoms with Crippen LogP contribution >= 0.6 is 11.6 Å². The molecule has 0 atom stereocenters. The predicted octanol–water partition coefficient (Wildman–Crippen LogP) is 2.85. The molecule has 0 spiro atoms. The zero-order chi connectivity index (χ0) is 14.8. The molecule has 20 heavy (non-hydrogen) atoms. The number of pyridine rings is 1. The molecule has 0 aliphatic heterocycles. The van der Waals surface area contributed by atoms with Crippen LogP contribution in [0.2, 0.25) is 5.02 Å². The molecule has 0 saturated heterocycles. The van der Waals surface area contributed by atoms with Crippen LogP contribution in [0.4, 0.5) is 5.82 Å². The van der Waals surface area contributed by atoms with E-state index in [1.54, 1.807) is 31.2 Å². The summed E-state index contributed by atoms with van der Waals surface area (Å²) in [5.74, 6) is 0.680. The smallest absolute Gasteiger partial charge is 0.263 e. The molecule has 1 aromatic heterocycles. The zero-order valence-corrected chi connectivity index (χ0v) is 12.5. The summed E-state index contributed by atoms with van der Waals surface area (Å²) in [6.07, 6.45) is 1.51. The molecular weight excluding hydrogens is 300 g/mol. The summed E-state index contributed by atoms with van der Waals surface area (Å²) >= 11 is 5.98. The van der Waals surface area contributed by atoms with Gasteiger partial charge < -0.3 is 4.74 Å². The van der Waals surface area contributed by atoms with Gasteiger partial charge in [-0.15, -0.1) is 0 Å². The molecule has 0 bridgehead atoms. The van der Waals surface area contributed by atoms with E-state index >= 15 is 0 Å². The summed E-state index contributed by atoms with van der Waals surface area (Å²) in [5, 5.41) is 0.236. The van der Waals surface area contributed by atoms with Gasteiger partial charge in [0.15, 0.2) is 0 Å². The SMILES string of the molecule is COc1cc(C)c(S(=O)(=O)Nc2ccccn2)cc1Cl. The van der Waals surface area contributed by atoms with E-state index in [0.29, 0.717) is 11.3 Å². The van der Waals surface area contributed by atoms with E-state index in [1.807, 2.05) is 0 Å². The maximum absolute atomic E-state index is 12.3. The number of rotatable bonds is 4. The summed E-state index contributed by atoms with van der Waals surface area (Å²) in [7, 11) is -2.27. The Bertz CT molecular complexity index is 718. The third kappa shape index (κ3) is 3.02. The van der Waals surface area contributed by atoms with E-state index in [0.717, 1.165) is 0 Å². The Labute approximate surface area is 122 Å². The fourth-order valence-electron chi connectivity index (χ4n) is 1.70. The van der Waals surface area contributed by atoms with Gasteiger partial charge in [-0.2, -0.15) is 0 Å². The summed E-state index contributed by atoms with van der Waals surface area (Å²) in [6.45, 7) is 1.67. The normalized spacial score (nSPS) is 11.2. The second kappa shape index (κ2) is 5.68. The minimum atomic E-state index is -3.74. The highest BCUT2D eigenvalue weighted by molar-refractivity contribution is 7.92. The molecule has 0 radical (unpaired) electrons. The Morgan fingerprint density at radius 2 is 2.05 bits per heavy atom. The summed E-state index contributed by atoms with van der Waals surface area (Å²) in [4.78, 5) is 4.02. The Morgan fingerprint density at radius 1 is 1.30 bits per heavy atom. The topological polar surface area (TPSA) is 68.3 Å². The third-order valence-corrected chi connectivity index (χ3v) is 4.43. The average Bonchev–Trinajstić information content (AvgIpc) is 2.41. The number of anilines is 1. The molecule has 1 heterocycles. The van der Waals surface area contributed by atoms with Crippen LogP contribution in [-0.4, -0.2) is 20.5 Å². The van der Waals surface area contributed by atoms with Crippen LogP contribution < -0.4 is 9.46 Å². The average molecular weight is 313 g/mol. The lowest BCUT2D eigenvalue weighted by molar-refractivity contribution is 0.414. The minimum absolute atomic E-state index is 0.0916. The lowest BCUT2D eigenvalue weighted by Gasteiger charge is -2.12. The highest BCUT2D eigenvalue weighted by Crippen LogP contribution is 2.30. The largest absolute Gasteiger partial charge is 0.495 e. The zero-order valence-electron chi connectivity index (χ0n) is 10.9.